The average Bonchev–Trinajstić information content (AvgIpc) is 2.55. The zero-order valence-corrected chi connectivity index (χ0v) is 13.2. The van der Waals surface area contributed by atoms with Crippen molar-refractivity contribution in [3.63, 3.8) is 0 Å². The van der Waals surface area contributed by atoms with Gasteiger partial charge in [-0.3, -0.25) is 10.1 Å². The van der Waals surface area contributed by atoms with Gasteiger partial charge in [-0.15, -0.1) is 0 Å². The first-order valence-electron chi connectivity index (χ1n) is 6.65. The number of pyridine rings is 1. The van der Waals surface area contributed by atoms with Crippen LogP contribution >= 0.6 is 11.6 Å². The standard InChI is InChI=1S/C15H13ClN2O5/c1-3-9-6-11(4-5-12(9)16)23-14-13(18(20)21)7-10(8-17-14)15(19)22-2/h4-8H,3H2,1-2H3. The molecule has 0 aliphatic heterocycles. The summed E-state index contributed by atoms with van der Waals surface area (Å²) in [5, 5.41) is 11.8. The van der Waals surface area contributed by atoms with Crippen molar-refractivity contribution < 1.29 is 19.2 Å². The Morgan fingerprint density at radius 1 is 1.39 bits per heavy atom. The number of hydrogen-bond donors (Lipinski definition) is 0. The van der Waals surface area contributed by atoms with Gasteiger partial charge in [0.1, 0.15) is 5.75 Å². The van der Waals surface area contributed by atoms with Crippen molar-refractivity contribution in [2.45, 2.75) is 13.3 Å². The molecule has 7 nitrogen and oxygen atoms in total. The largest absolute Gasteiger partial charge is 0.465 e. The highest BCUT2D eigenvalue weighted by Crippen LogP contribution is 2.31. The first kappa shape index (κ1) is 16.7. The first-order chi connectivity index (χ1) is 11.0. The van der Waals surface area contributed by atoms with E-state index in [1.165, 1.54) is 7.11 Å². The highest BCUT2D eigenvalue weighted by molar-refractivity contribution is 6.31. The SMILES string of the molecule is CCc1cc(Oc2ncc(C(=O)OC)cc2[N+](=O)[O-])ccc1Cl. The quantitative estimate of drug-likeness (QED) is 0.468. The molecule has 0 fully saturated rings. The second-order valence-corrected chi connectivity index (χ2v) is 4.91. The van der Waals surface area contributed by atoms with Gasteiger partial charge in [0.05, 0.1) is 17.6 Å². The maximum absolute atomic E-state index is 11.4. The molecule has 8 heteroatoms. The second kappa shape index (κ2) is 7.06. The van der Waals surface area contributed by atoms with Crippen LogP contribution in [0.1, 0.15) is 22.8 Å². The van der Waals surface area contributed by atoms with Crippen LogP contribution in [0.2, 0.25) is 5.02 Å². The molecular weight excluding hydrogens is 324 g/mol. The summed E-state index contributed by atoms with van der Waals surface area (Å²) in [6.07, 6.45) is 1.84. The summed E-state index contributed by atoms with van der Waals surface area (Å²) in [6.45, 7) is 1.93. The molecule has 1 aromatic heterocycles. The highest BCUT2D eigenvalue weighted by atomic mass is 35.5. The van der Waals surface area contributed by atoms with Crippen molar-refractivity contribution in [2.24, 2.45) is 0 Å². The third-order valence-electron chi connectivity index (χ3n) is 3.06. The number of methoxy groups -OCH3 is 1. The second-order valence-electron chi connectivity index (χ2n) is 4.51. The van der Waals surface area contributed by atoms with E-state index in [1.54, 1.807) is 18.2 Å². The van der Waals surface area contributed by atoms with E-state index < -0.39 is 16.6 Å². The molecule has 0 saturated carbocycles. The molecule has 0 N–H and O–H groups in total. The number of carbonyl (C=O) groups is 1. The van der Waals surface area contributed by atoms with Gasteiger partial charge in [0, 0.05) is 17.3 Å². The lowest BCUT2D eigenvalue weighted by Gasteiger charge is -2.08. The average molecular weight is 337 g/mol. The van der Waals surface area contributed by atoms with E-state index in [0.29, 0.717) is 17.2 Å². The van der Waals surface area contributed by atoms with Gasteiger partial charge < -0.3 is 9.47 Å². The number of aromatic nitrogens is 1. The van der Waals surface area contributed by atoms with Gasteiger partial charge in [-0.1, -0.05) is 18.5 Å². The Kier molecular flexibility index (Phi) is 5.13. The molecule has 0 aliphatic carbocycles. The number of rotatable bonds is 5. The van der Waals surface area contributed by atoms with Crippen LogP contribution in [-0.4, -0.2) is 23.0 Å². The normalized spacial score (nSPS) is 10.2. The fourth-order valence-corrected chi connectivity index (χ4v) is 2.13. The van der Waals surface area contributed by atoms with E-state index in [1.807, 2.05) is 6.92 Å². The summed E-state index contributed by atoms with van der Waals surface area (Å²) in [5.41, 5.74) is 0.385. The third kappa shape index (κ3) is 3.75. The molecule has 0 aliphatic rings. The van der Waals surface area contributed by atoms with Crippen LogP contribution in [0.5, 0.6) is 11.6 Å². The number of hydrogen-bond acceptors (Lipinski definition) is 6. The number of benzene rings is 1. The lowest BCUT2D eigenvalue weighted by Crippen LogP contribution is -2.04. The summed E-state index contributed by atoms with van der Waals surface area (Å²) in [6, 6.07) is 5.97. The maximum Gasteiger partial charge on any atom is 0.339 e. The van der Waals surface area contributed by atoms with Gasteiger partial charge in [0.2, 0.25) is 0 Å². The predicted molar refractivity (Wildman–Crippen MR) is 83.1 cm³/mol. The van der Waals surface area contributed by atoms with Crippen LogP contribution in [-0.2, 0) is 11.2 Å². The molecule has 0 bridgehead atoms. The van der Waals surface area contributed by atoms with Crippen LogP contribution in [0, 0.1) is 10.1 Å². The summed E-state index contributed by atoms with van der Waals surface area (Å²) in [7, 11) is 1.18. The summed E-state index contributed by atoms with van der Waals surface area (Å²) >= 11 is 6.02. The van der Waals surface area contributed by atoms with Crippen molar-refractivity contribution >= 4 is 23.3 Å². The van der Waals surface area contributed by atoms with Crippen LogP contribution < -0.4 is 4.74 Å². The molecule has 0 amide bonds. The topological polar surface area (TPSA) is 91.6 Å². The van der Waals surface area contributed by atoms with Gasteiger partial charge in [-0.2, -0.15) is 0 Å². The van der Waals surface area contributed by atoms with E-state index in [0.717, 1.165) is 17.8 Å². The van der Waals surface area contributed by atoms with Gasteiger partial charge in [-0.05, 0) is 30.2 Å². The summed E-state index contributed by atoms with van der Waals surface area (Å²) in [5.74, 6) is -0.563. The number of halogens is 1. The Labute approximate surface area is 137 Å². The Hall–Kier alpha value is -2.67. The highest BCUT2D eigenvalue weighted by Gasteiger charge is 2.21. The van der Waals surface area contributed by atoms with Gasteiger partial charge in [0.25, 0.3) is 5.88 Å². The number of aryl methyl sites for hydroxylation is 1. The van der Waals surface area contributed by atoms with Gasteiger partial charge in [0.15, 0.2) is 0 Å². The zero-order valence-electron chi connectivity index (χ0n) is 12.4. The molecule has 1 heterocycles. The fourth-order valence-electron chi connectivity index (χ4n) is 1.88. The van der Waals surface area contributed by atoms with Crippen molar-refractivity contribution in [1.82, 2.24) is 4.98 Å². The number of nitro groups is 1. The lowest BCUT2D eigenvalue weighted by molar-refractivity contribution is -0.386. The number of ether oxygens (including phenoxy) is 2. The maximum atomic E-state index is 11.4. The minimum atomic E-state index is -0.716. The molecule has 2 aromatic rings. The Morgan fingerprint density at radius 2 is 2.13 bits per heavy atom. The molecule has 1 aromatic carbocycles. The lowest BCUT2D eigenvalue weighted by atomic mass is 10.1. The minimum absolute atomic E-state index is 0.0306. The smallest absolute Gasteiger partial charge is 0.339 e. The van der Waals surface area contributed by atoms with Gasteiger partial charge in [-0.25, -0.2) is 9.78 Å². The van der Waals surface area contributed by atoms with Crippen molar-refractivity contribution in [3.05, 3.63) is 56.7 Å². The number of carbonyl (C=O) groups excluding carboxylic acids is 1. The van der Waals surface area contributed by atoms with Crippen LogP contribution in [0.3, 0.4) is 0 Å². The predicted octanol–water partition coefficient (Wildman–Crippen LogP) is 3.78. The first-order valence-corrected chi connectivity index (χ1v) is 7.03. The van der Waals surface area contributed by atoms with Crippen molar-refractivity contribution in [3.8, 4) is 11.6 Å². The summed E-state index contributed by atoms with van der Waals surface area (Å²) in [4.78, 5) is 25.8. The fraction of sp³-hybridized carbons (Fsp3) is 0.200. The zero-order chi connectivity index (χ0) is 17.0. The minimum Gasteiger partial charge on any atom is -0.465 e. The molecule has 120 valence electrons. The Morgan fingerprint density at radius 3 is 2.74 bits per heavy atom. The number of esters is 1. The van der Waals surface area contributed by atoms with E-state index in [9.17, 15) is 14.9 Å². The van der Waals surface area contributed by atoms with E-state index in [2.05, 4.69) is 9.72 Å². The van der Waals surface area contributed by atoms with Crippen molar-refractivity contribution in [1.29, 1.82) is 0 Å². The molecule has 0 atom stereocenters. The van der Waals surface area contributed by atoms with Crippen LogP contribution in [0.15, 0.2) is 30.5 Å². The molecule has 2 rings (SSSR count). The molecule has 0 spiro atoms. The van der Waals surface area contributed by atoms with E-state index in [-0.39, 0.29) is 11.4 Å². The van der Waals surface area contributed by atoms with E-state index >= 15 is 0 Å². The number of nitrogens with zero attached hydrogens (tertiary/aromatic N) is 2. The third-order valence-corrected chi connectivity index (χ3v) is 3.43. The van der Waals surface area contributed by atoms with Crippen LogP contribution in [0.25, 0.3) is 0 Å². The van der Waals surface area contributed by atoms with E-state index in [4.69, 9.17) is 16.3 Å². The molecule has 0 unspecified atom stereocenters. The van der Waals surface area contributed by atoms with Crippen LogP contribution in [0.4, 0.5) is 5.69 Å². The molecular formula is C15H13ClN2O5. The Bertz CT molecular complexity index is 764. The summed E-state index contributed by atoms with van der Waals surface area (Å²) < 4.78 is 9.99. The monoisotopic (exact) mass is 336 g/mol. The van der Waals surface area contributed by atoms with Crippen molar-refractivity contribution in [2.75, 3.05) is 7.11 Å². The molecule has 23 heavy (non-hydrogen) atoms. The molecule has 0 radical (unpaired) electrons. The Balaban J connectivity index is 2.39. The van der Waals surface area contributed by atoms with Gasteiger partial charge >= 0.3 is 11.7 Å². The molecule has 0 saturated heterocycles.